The number of benzene rings is 6. The third kappa shape index (κ3) is 6.54. The monoisotopic (exact) mass is 637 g/mol. The fourth-order valence-corrected chi connectivity index (χ4v) is 6.24. The number of phenolic OH excluding ortho intramolecular Hbond substituents is 1. The van der Waals surface area contributed by atoms with Gasteiger partial charge in [0, 0.05) is 64.3 Å². The van der Waals surface area contributed by atoms with Crippen molar-refractivity contribution in [1.82, 2.24) is 5.32 Å². The molecule has 1 aliphatic rings. The van der Waals surface area contributed by atoms with Crippen LogP contribution in [0.15, 0.2) is 128 Å². The van der Waals surface area contributed by atoms with Gasteiger partial charge in [-0.25, -0.2) is 0 Å². The van der Waals surface area contributed by atoms with E-state index in [1.807, 2.05) is 78.9 Å². The van der Waals surface area contributed by atoms with E-state index in [0.717, 1.165) is 65.1 Å². The molecule has 234 valence electrons. The number of phenols is 1. The summed E-state index contributed by atoms with van der Waals surface area (Å²) >= 11 is 4.64. The van der Waals surface area contributed by atoms with Gasteiger partial charge in [-0.2, -0.15) is 5.11 Å². The zero-order chi connectivity index (χ0) is 32.3. The van der Waals surface area contributed by atoms with Gasteiger partial charge in [-0.1, -0.05) is 48.0 Å². The van der Waals surface area contributed by atoms with E-state index in [4.69, 9.17) is 0 Å². The van der Waals surface area contributed by atoms with Crippen molar-refractivity contribution in [3.05, 3.63) is 114 Å². The van der Waals surface area contributed by atoms with Gasteiger partial charge in [0.2, 0.25) is 0 Å². The molecule has 0 saturated carbocycles. The minimum atomic E-state index is 0.0248. The van der Waals surface area contributed by atoms with Crippen LogP contribution in [0.4, 0.5) is 39.8 Å². The van der Waals surface area contributed by atoms with Crippen LogP contribution in [0, 0.1) is 13.8 Å². The third-order valence-electron chi connectivity index (χ3n) is 8.45. The smallest absolute Gasteiger partial charge is 0.152 e. The van der Waals surface area contributed by atoms with E-state index in [2.05, 4.69) is 86.7 Å². The predicted molar refractivity (Wildman–Crippen MR) is 196 cm³/mol. The highest BCUT2D eigenvalue weighted by atomic mass is 32.1. The first-order valence-electron chi connectivity index (χ1n) is 15.7. The molecule has 0 aliphatic carbocycles. The second-order valence-corrected chi connectivity index (χ2v) is 12.3. The standard InChI is InChI=1S/C38H35N7OS/c1-24-7-10-27(11-8-24)40-28-12-9-26-22-36(47)37(38(46)32(26)23-28)44-43-34-15-14-33(30-5-3-4-6-31(30)34)42-41-29-13-16-35(25(2)21-29)45-19-17-39-18-20-45/h3-16,21-23,39-40,46-47H,17-20H2,1-2H3. The van der Waals surface area contributed by atoms with Crippen molar-refractivity contribution in [3.8, 4) is 5.75 Å². The first-order chi connectivity index (χ1) is 22.9. The number of hydrogen-bond donors (Lipinski definition) is 4. The van der Waals surface area contributed by atoms with Gasteiger partial charge in [-0.15, -0.1) is 28.0 Å². The summed E-state index contributed by atoms with van der Waals surface area (Å²) in [6.45, 7) is 8.17. The van der Waals surface area contributed by atoms with Crippen LogP contribution in [0.3, 0.4) is 0 Å². The molecule has 0 amide bonds. The van der Waals surface area contributed by atoms with Crippen LogP contribution in [0.1, 0.15) is 11.1 Å². The molecule has 6 aromatic rings. The average molecular weight is 638 g/mol. The number of nitrogens with one attached hydrogen (secondary N) is 2. The van der Waals surface area contributed by atoms with E-state index >= 15 is 0 Å². The molecule has 1 aliphatic heterocycles. The molecule has 0 radical (unpaired) electrons. The highest BCUT2D eigenvalue weighted by Gasteiger charge is 2.14. The number of azo groups is 2. The Balaban J connectivity index is 1.16. The maximum Gasteiger partial charge on any atom is 0.152 e. The van der Waals surface area contributed by atoms with Gasteiger partial charge in [0.25, 0.3) is 0 Å². The molecule has 3 N–H and O–H groups in total. The van der Waals surface area contributed by atoms with Crippen molar-refractivity contribution in [3.63, 3.8) is 0 Å². The van der Waals surface area contributed by atoms with Crippen LogP contribution in [-0.4, -0.2) is 31.3 Å². The Kier molecular flexibility index (Phi) is 8.56. The molecule has 6 aromatic carbocycles. The molecule has 0 unspecified atom stereocenters. The lowest BCUT2D eigenvalue weighted by Crippen LogP contribution is -2.43. The second kappa shape index (κ2) is 13.2. The number of rotatable bonds is 7. The van der Waals surface area contributed by atoms with E-state index in [1.165, 1.54) is 16.8 Å². The van der Waals surface area contributed by atoms with Gasteiger partial charge in [0.1, 0.15) is 5.69 Å². The quantitative estimate of drug-likeness (QED) is 0.103. The van der Waals surface area contributed by atoms with Gasteiger partial charge in [-0.3, -0.25) is 0 Å². The van der Waals surface area contributed by atoms with E-state index in [0.29, 0.717) is 21.7 Å². The summed E-state index contributed by atoms with van der Waals surface area (Å²) in [6.07, 6.45) is 0. The van der Waals surface area contributed by atoms with Gasteiger partial charge in [-0.05, 0) is 85.5 Å². The number of piperazine rings is 1. The molecular weight excluding hydrogens is 603 g/mol. The molecule has 0 spiro atoms. The fourth-order valence-electron chi connectivity index (χ4n) is 5.95. The molecule has 8 nitrogen and oxygen atoms in total. The van der Waals surface area contributed by atoms with Crippen LogP contribution in [0.2, 0.25) is 0 Å². The second-order valence-electron chi connectivity index (χ2n) is 11.8. The van der Waals surface area contributed by atoms with Crippen molar-refractivity contribution in [1.29, 1.82) is 0 Å². The summed E-state index contributed by atoms with van der Waals surface area (Å²) in [5.41, 5.74) is 7.94. The Hall–Kier alpha value is -5.25. The van der Waals surface area contributed by atoms with E-state index in [1.54, 1.807) is 0 Å². The summed E-state index contributed by atoms with van der Waals surface area (Å²) in [7, 11) is 0. The normalized spacial score (nSPS) is 13.7. The van der Waals surface area contributed by atoms with Crippen molar-refractivity contribution in [2.45, 2.75) is 18.7 Å². The number of anilines is 3. The number of thiol groups is 1. The molecule has 1 saturated heterocycles. The molecule has 0 bridgehead atoms. The minimum absolute atomic E-state index is 0.0248. The van der Waals surface area contributed by atoms with Gasteiger partial charge in [0.15, 0.2) is 5.75 Å². The van der Waals surface area contributed by atoms with Gasteiger partial charge in [0.05, 0.1) is 17.1 Å². The molecular formula is C38H35N7OS. The van der Waals surface area contributed by atoms with Crippen LogP contribution in [0.25, 0.3) is 21.5 Å². The summed E-state index contributed by atoms with van der Waals surface area (Å²) in [6, 6.07) is 33.8. The Morgan fingerprint density at radius 1 is 0.702 bits per heavy atom. The lowest BCUT2D eigenvalue weighted by molar-refractivity contribution is 0.481. The average Bonchev–Trinajstić information content (AvgIpc) is 3.09. The van der Waals surface area contributed by atoms with Crippen molar-refractivity contribution >= 4 is 74.0 Å². The SMILES string of the molecule is Cc1ccc(Nc2ccc3cc(S)c(N=Nc4ccc(N=Nc5ccc(N6CCNCC6)c(C)c5)c5ccccc45)c(O)c3c2)cc1. The fraction of sp³-hybridized carbons (Fsp3) is 0.158. The maximum absolute atomic E-state index is 11.3. The zero-order valence-corrected chi connectivity index (χ0v) is 27.2. The lowest BCUT2D eigenvalue weighted by atomic mass is 10.1. The van der Waals surface area contributed by atoms with Gasteiger partial charge < -0.3 is 20.6 Å². The molecule has 47 heavy (non-hydrogen) atoms. The summed E-state index contributed by atoms with van der Waals surface area (Å²) < 4.78 is 0. The Labute approximate surface area is 279 Å². The minimum Gasteiger partial charge on any atom is -0.505 e. The number of fused-ring (bicyclic) bond motifs is 2. The first kappa shape index (κ1) is 30.4. The Morgan fingerprint density at radius 2 is 1.38 bits per heavy atom. The largest absolute Gasteiger partial charge is 0.505 e. The van der Waals surface area contributed by atoms with Crippen LogP contribution in [-0.2, 0) is 0 Å². The first-order valence-corrected chi connectivity index (χ1v) is 16.1. The topological polar surface area (TPSA) is 97.0 Å². The van der Waals surface area contributed by atoms with Crippen LogP contribution < -0.4 is 15.5 Å². The summed E-state index contributed by atoms with van der Waals surface area (Å²) in [5.74, 6) is 0.0248. The number of hydrogen-bond acceptors (Lipinski definition) is 9. The van der Waals surface area contributed by atoms with Crippen molar-refractivity contribution in [2.24, 2.45) is 20.5 Å². The Morgan fingerprint density at radius 3 is 2.09 bits per heavy atom. The zero-order valence-electron chi connectivity index (χ0n) is 26.3. The highest BCUT2D eigenvalue weighted by molar-refractivity contribution is 7.80. The summed E-state index contributed by atoms with van der Waals surface area (Å²) in [4.78, 5) is 2.94. The number of aromatic hydroxyl groups is 1. The molecule has 9 heteroatoms. The van der Waals surface area contributed by atoms with Crippen LogP contribution in [0.5, 0.6) is 5.75 Å². The summed E-state index contributed by atoms with van der Waals surface area (Å²) in [5, 5.41) is 39.7. The molecule has 0 atom stereocenters. The number of aryl methyl sites for hydroxylation is 2. The molecule has 1 fully saturated rings. The highest BCUT2D eigenvalue weighted by Crippen LogP contribution is 2.43. The Bertz CT molecular complexity index is 2160. The molecule has 1 heterocycles. The predicted octanol–water partition coefficient (Wildman–Crippen LogP) is 10.6. The van der Waals surface area contributed by atoms with Crippen molar-refractivity contribution in [2.75, 3.05) is 36.4 Å². The van der Waals surface area contributed by atoms with Gasteiger partial charge >= 0.3 is 0 Å². The van der Waals surface area contributed by atoms with Crippen LogP contribution >= 0.6 is 12.6 Å². The van der Waals surface area contributed by atoms with E-state index in [9.17, 15) is 5.11 Å². The van der Waals surface area contributed by atoms with Crippen molar-refractivity contribution < 1.29 is 5.11 Å². The van der Waals surface area contributed by atoms with E-state index in [-0.39, 0.29) is 5.75 Å². The van der Waals surface area contributed by atoms with E-state index < -0.39 is 0 Å². The third-order valence-corrected chi connectivity index (χ3v) is 8.80. The maximum atomic E-state index is 11.3. The lowest BCUT2D eigenvalue weighted by Gasteiger charge is -2.30. The number of nitrogens with zero attached hydrogens (tertiary/aromatic N) is 5. The molecule has 7 rings (SSSR count). The molecule has 0 aromatic heterocycles.